The Hall–Kier alpha value is -2.41. The number of carboxylic acid groups (broad SMARTS) is 1. The first-order chi connectivity index (χ1) is 9.95. The summed E-state index contributed by atoms with van der Waals surface area (Å²) in [5.41, 5.74) is 1.84. The van der Waals surface area contributed by atoms with Crippen LogP contribution in [0.25, 0.3) is 0 Å². The summed E-state index contributed by atoms with van der Waals surface area (Å²) in [5, 5.41) is 19.3. The molecule has 1 heterocycles. The zero-order chi connectivity index (χ0) is 15.4. The average Bonchev–Trinajstić information content (AvgIpc) is 2.80. The Morgan fingerprint density at radius 3 is 2.86 bits per heavy atom. The van der Waals surface area contributed by atoms with Crippen LogP contribution in [0.5, 0.6) is 0 Å². The summed E-state index contributed by atoms with van der Waals surface area (Å²) in [5.74, 6) is -1.35. The number of hydrogen-bond acceptors (Lipinski definition) is 4. The Labute approximate surface area is 125 Å². The summed E-state index contributed by atoms with van der Waals surface area (Å²) in [6.45, 7) is 1.75. The van der Waals surface area contributed by atoms with Crippen LogP contribution in [0, 0.1) is 6.92 Å². The van der Waals surface area contributed by atoms with Crippen LogP contribution in [-0.2, 0) is 22.6 Å². The molecule has 1 aromatic carbocycles. The van der Waals surface area contributed by atoms with E-state index in [1.807, 2.05) is 6.92 Å². The number of aryl methyl sites for hydroxylation is 1. The van der Waals surface area contributed by atoms with Crippen molar-refractivity contribution in [2.45, 2.75) is 19.9 Å². The van der Waals surface area contributed by atoms with Crippen molar-refractivity contribution >= 4 is 29.2 Å². The van der Waals surface area contributed by atoms with Crippen LogP contribution < -0.4 is 5.32 Å². The standard InChI is InChI=1S/C13H13ClN4O3/c1-8-2-3-9(4-11(8)14)16-12(19)7-18-10(5-13(20)21)6-15-17-18/h2-4,6H,5,7H2,1H3,(H,16,19)(H,20,21). The monoisotopic (exact) mass is 308 g/mol. The molecular formula is C13H13ClN4O3. The molecule has 0 saturated heterocycles. The van der Waals surface area contributed by atoms with Crippen molar-refractivity contribution in [1.29, 1.82) is 0 Å². The van der Waals surface area contributed by atoms with Gasteiger partial charge in [0, 0.05) is 10.7 Å². The quantitative estimate of drug-likeness (QED) is 0.872. The normalized spacial score (nSPS) is 10.4. The molecule has 2 rings (SSSR count). The highest BCUT2D eigenvalue weighted by atomic mass is 35.5. The van der Waals surface area contributed by atoms with E-state index in [4.69, 9.17) is 16.7 Å². The van der Waals surface area contributed by atoms with Crippen LogP contribution in [0.4, 0.5) is 5.69 Å². The molecule has 2 aromatic rings. The number of amides is 1. The lowest BCUT2D eigenvalue weighted by atomic mass is 10.2. The van der Waals surface area contributed by atoms with E-state index in [1.165, 1.54) is 10.9 Å². The molecule has 0 fully saturated rings. The van der Waals surface area contributed by atoms with Gasteiger partial charge in [0.1, 0.15) is 6.54 Å². The zero-order valence-electron chi connectivity index (χ0n) is 11.2. The Morgan fingerprint density at radius 1 is 1.43 bits per heavy atom. The predicted molar refractivity (Wildman–Crippen MR) is 76.2 cm³/mol. The van der Waals surface area contributed by atoms with Crippen molar-refractivity contribution in [2.75, 3.05) is 5.32 Å². The molecule has 8 heteroatoms. The Bertz CT molecular complexity index is 684. The molecular weight excluding hydrogens is 296 g/mol. The fourth-order valence-corrected chi connectivity index (χ4v) is 1.89. The fraction of sp³-hybridized carbons (Fsp3) is 0.231. The Morgan fingerprint density at radius 2 is 2.19 bits per heavy atom. The lowest BCUT2D eigenvalue weighted by Gasteiger charge is -2.08. The van der Waals surface area contributed by atoms with Crippen molar-refractivity contribution < 1.29 is 14.7 Å². The van der Waals surface area contributed by atoms with E-state index in [2.05, 4.69) is 15.6 Å². The van der Waals surface area contributed by atoms with Gasteiger partial charge in [-0.3, -0.25) is 9.59 Å². The Kier molecular flexibility index (Phi) is 4.54. The zero-order valence-corrected chi connectivity index (χ0v) is 12.0. The molecule has 1 amide bonds. The first-order valence-electron chi connectivity index (χ1n) is 6.11. The summed E-state index contributed by atoms with van der Waals surface area (Å²) in [6, 6.07) is 5.18. The molecule has 110 valence electrons. The predicted octanol–water partition coefficient (Wildman–Crippen LogP) is 1.51. The van der Waals surface area contributed by atoms with Crippen LogP contribution in [0.15, 0.2) is 24.4 Å². The number of hydrogen-bond donors (Lipinski definition) is 2. The van der Waals surface area contributed by atoms with Gasteiger partial charge in [-0.15, -0.1) is 5.10 Å². The van der Waals surface area contributed by atoms with Gasteiger partial charge < -0.3 is 10.4 Å². The minimum Gasteiger partial charge on any atom is -0.481 e. The first-order valence-corrected chi connectivity index (χ1v) is 6.48. The number of carboxylic acids is 1. The SMILES string of the molecule is Cc1ccc(NC(=O)Cn2nncc2CC(=O)O)cc1Cl. The molecule has 0 atom stereocenters. The highest BCUT2D eigenvalue weighted by Gasteiger charge is 2.12. The summed E-state index contributed by atoms with van der Waals surface area (Å²) in [6.07, 6.45) is 1.08. The van der Waals surface area contributed by atoms with Gasteiger partial charge in [0.2, 0.25) is 5.91 Å². The minimum atomic E-state index is -1.01. The number of rotatable bonds is 5. The summed E-state index contributed by atoms with van der Waals surface area (Å²) in [7, 11) is 0. The Balaban J connectivity index is 2.03. The maximum atomic E-state index is 11.9. The van der Waals surface area contributed by atoms with Crippen molar-refractivity contribution in [3.8, 4) is 0 Å². The molecule has 0 aliphatic heterocycles. The third-order valence-corrected chi connectivity index (χ3v) is 3.19. The number of carbonyl (C=O) groups is 2. The number of nitrogens with one attached hydrogen (secondary N) is 1. The van der Waals surface area contributed by atoms with Crippen LogP contribution in [0.2, 0.25) is 5.02 Å². The number of carbonyl (C=O) groups excluding carboxylic acids is 1. The van der Waals surface area contributed by atoms with Gasteiger partial charge in [-0.1, -0.05) is 22.9 Å². The van der Waals surface area contributed by atoms with Crippen molar-refractivity contribution in [3.05, 3.63) is 40.7 Å². The van der Waals surface area contributed by atoms with E-state index in [1.54, 1.807) is 18.2 Å². The lowest BCUT2D eigenvalue weighted by molar-refractivity contribution is -0.136. The molecule has 7 nitrogen and oxygen atoms in total. The average molecular weight is 309 g/mol. The fourth-order valence-electron chi connectivity index (χ4n) is 1.71. The molecule has 0 aliphatic carbocycles. The molecule has 0 bridgehead atoms. The van der Waals surface area contributed by atoms with E-state index in [9.17, 15) is 9.59 Å². The third kappa shape index (κ3) is 4.03. The molecule has 0 radical (unpaired) electrons. The van der Waals surface area contributed by atoms with E-state index >= 15 is 0 Å². The van der Waals surface area contributed by atoms with E-state index in [-0.39, 0.29) is 18.9 Å². The van der Waals surface area contributed by atoms with Crippen LogP contribution in [-0.4, -0.2) is 32.0 Å². The molecule has 21 heavy (non-hydrogen) atoms. The summed E-state index contributed by atoms with van der Waals surface area (Å²) >= 11 is 5.98. The molecule has 0 aliphatic rings. The van der Waals surface area contributed by atoms with E-state index in [0.29, 0.717) is 16.4 Å². The largest absolute Gasteiger partial charge is 0.481 e. The van der Waals surface area contributed by atoms with Gasteiger partial charge >= 0.3 is 5.97 Å². The number of nitrogens with zero attached hydrogens (tertiary/aromatic N) is 3. The molecule has 0 spiro atoms. The first kappa shape index (κ1) is 15.0. The summed E-state index contributed by atoms with van der Waals surface area (Å²) < 4.78 is 1.25. The van der Waals surface area contributed by atoms with Gasteiger partial charge in [0.05, 0.1) is 18.3 Å². The van der Waals surface area contributed by atoms with Gasteiger partial charge in [0.15, 0.2) is 0 Å². The van der Waals surface area contributed by atoms with Crippen molar-refractivity contribution in [1.82, 2.24) is 15.0 Å². The van der Waals surface area contributed by atoms with Crippen LogP contribution >= 0.6 is 11.6 Å². The lowest BCUT2D eigenvalue weighted by Crippen LogP contribution is -2.21. The number of anilines is 1. The molecule has 0 saturated carbocycles. The number of benzene rings is 1. The molecule has 2 N–H and O–H groups in total. The molecule has 1 aromatic heterocycles. The second-order valence-corrected chi connectivity index (χ2v) is 4.87. The maximum absolute atomic E-state index is 11.9. The highest BCUT2D eigenvalue weighted by Crippen LogP contribution is 2.19. The van der Waals surface area contributed by atoms with E-state index < -0.39 is 5.97 Å². The second kappa shape index (κ2) is 6.36. The highest BCUT2D eigenvalue weighted by molar-refractivity contribution is 6.31. The van der Waals surface area contributed by atoms with Gasteiger partial charge in [-0.2, -0.15) is 0 Å². The maximum Gasteiger partial charge on any atom is 0.309 e. The molecule has 0 unspecified atom stereocenters. The topological polar surface area (TPSA) is 97.1 Å². The minimum absolute atomic E-state index is 0.117. The van der Waals surface area contributed by atoms with Gasteiger partial charge in [0.25, 0.3) is 0 Å². The second-order valence-electron chi connectivity index (χ2n) is 4.47. The van der Waals surface area contributed by atoms with Crippen molar-refractivity contribution in [3.63, 3.8) is 0 Å². The van der Waals surface area contributed by atoms with Gasteiger partial charge in [-0.05, 0) is 24.6 Å². The smallest absolute Gasteiger partial charge is 0.309 e. The van der Waals surface area contributed by atoms with Crippen molar-refractivity contribution in [2.24, 2.45) is 0 Å². The number of aromatic nitrogens is 3. The van der Waals surface area contributed by atoms with Crippen LogP contribution in [0.1, 0.15) is 11.3 Å². The third-order valence-electron chi connectivity index (χ3n) is 2.78. The number of halogens is 1. The number of aliphatic carboxylic acids is 1. The summed E-state index contributed by atoms with van der Waals surface area (Å²) in [4.78, 5) is 22.6. The van der Waals surface area contributed by atoms with Gasteiger partial charge in [-0.25, -0.2) is 4.68 Å². The van der Waals surface area contributed by atoms with Crippen LogP contribution in [0.3, 0.4) is 0 Å². The van der Waals surface area contributed by atoms with E-state index in [0.717, 1.165) is 5.56 Å².